The second-order valence-electron chi connectivity index (χ2n) is 3.88. The Kier molecular flexibility index (Phi) is 2.94. The molecule has 0 aliphatic heterocycles. The van der Waals surface area contributed by atoms with Crippen LogP contribution in [-0.4, -0.2) is 10.7 Å². The molecule has 1 saturated carbocycles. The average Bonchev–Trinajstić information content (AvgIpc) is 2.68. The smallest absolute Gasteiger partial charge is 0.0675 e. The normalized spacial score (nSPS) is 18.8. The lowest BCUT2D eigenvalue weighted by Crippen LogP contribution is -2.30. The van der Waals surface area contributed by atoms with Gasteiger partial charge in [-0.3, -0.25) is 0 Å². The fourth-order valence-corrected chi connectivity index (χ4v) is 2.02. The summed E-state index contributed by atoms with van der Waals surface area (Å²) in [6.07, 6.45) is 6.77. The van der Waals surface area contributed by atoms with E-state index < -0.39 is 0 Å². The van der Waals surface area contributed by atoms with E-state index in [1.54, 1.807) is 0 Å². The fraction of sp³-hybridized carbons (Fsp3) is 1.00. The molecule has 1 fully saturated rings. The maximum absolute atomic E-state index is 10.2. The summed E-state index contributed by atoms with van der Waals surface area (Å²) < 4.78 is 0. The lowest BCUT2D eigenvalue weighted by Gasteiger charge is -2.27. The van der Waals surface area contributed by atoms with E-state index in [-0.39, 0.29) is 5.60 Å². The molecule has 0 aromatic heterocycles. The van der Waals surface area contributed by atoms with Gasteiger partial charge >= 0.3 is 0 Å². The van der Waals surface area contributed by atoms with Crippen molar-refractivity contribution in [3.05, 3.63) is 0 Å². The molecule has 0 saturated heterocycles. The van der Waals surface area contributed by atoms with Crippen LogP contribution in [0, 0.1) is 5.92 Å². The molecule has 66 valence electrons. The fourth-order valence-electron chi connectivity index (χ4n) is 2.02. The minimum absolute atomic E-state index is 0.288. The molecule has 1 aliphatic carbocycles. The van der Waals surface area contributed by atoms with Crippen LogP contribution < -0.4 is 0 Å². The first-order valence-electron chi connectivity index (χ1n) is 4.95. The molecule has 0 amide bonds. The van der Waals surface area contributed by atoms with E-state index in [0.717, 1.165) is 25.7 Å². The molecule has 1 rings (SSSR count). The highest BCUT2D eigenvalue weighted by Gasteiger charge is 2.41. The van der Waals surface area contributed by atoms with Gasteiger partial charge in [0.05, 0.1) is 5.60 Å². The van der Waals surface area contributed by atoms with Crippen molar-refractivity contribution in [1.29, 1.82) is 0 Å². The van der Waals surface area contributed by atoms with Crippen LogP contribution in [0.3, 0.4) is 0 Å². The first-order chi connectivity index (χ1) is 5.23. The minimum Gasteiger partial charge on any atom is -0.390 e. The third-order valence-electron chi connectivity index (χ3n) is 2.70. The van der Waals surface area contributed by atoms with Crippen molar-refractivity contribution in [2.24, 2.45) is 5.92 Å². The van der Waals surface area contributed by atoms with Gasteiger partial charge in [-0.1, -0.05) is 26.7 Å². The highest BCUT2D eigenvalue weighted by Crippen LogP contribution is 2.44. The molecule has 0 atom stereocenters. The zero-order chi connectivity index (χ0) is 8.32. The van der Waals surface area contributed by atoms with Gasteiger partial charge in [0.25, 0.3) is 0 Å². The van der Waals surface area contributed by atoms with Gasteiger partial charge < -0.3 is 5.11 Å². The molecule has 1 aliphatic rings. The zero-order valence-corrected chi connectivity index (χ0v) is 7.77. The summed E-state index contributed by atoms with van der Waals surface area (Å²) in [7, 11) is 0. The van der Waals surface area contributed by atoms with Crippen molar-refractivity contribution in [3.8, 4) is 0 Å². The summed E-state index contributed by atoms with van der Waals surface area (Å²) in [5, 5.41) is 10.2. The van der Waals surface area contributed by atoms with Crippen molar-refractivity contribution in [3.63, 3.8) is 0 Å². The number of hydrogen-bond acceptors (Lipinski definition) is 1. The van der Waals surface area contributed by atoms with Gasteiger partial charge in [0.2, 0.25) is 0 Å². The minimum atomic E-state index is -0.288. The summed E-state index contributed by atoms with van der Waals surface area (Å²) in [6.45, 7) is 4.31. The van der Waals surface area contributed by atoms with Crippen LogP contribution in [0.25, 0.3) is 0 Å². The highest BCUT2D eigenvalue weighted by molar-refractivity contribution is 4.93. The van der Waals surface area contributed by atoms with Crippen LogP contribution >= 0.6 is 0 Å². The second kappa shape index (κ2) is 3.57. The zero-order valence-electron chi connectivity index (χ0n) is 7.77. The topological polar surface area (TPSA) is 20.2 Å². The van der Waals surface area contributed by atoms with Gasteiger partial charge in [0.15, 0.2) is 0 Å². The second-order valence-corrected chi connectivity index (χ2v) is 3.88. The van der Waals surface area contributed by atoms with Crippen molar-refractivity contribution in [2.75, 3.05) is 0 Å². The Bertz CT molecular complexity index is 110. The molecule has 0 spiro atoms. The van der Waals surface area contributed by atoms with E-state index in [0.29, 0.717) is 5.92 Å². The predicted molar refractivity (Wildman–Crippen MR) is 47.5 cm³/mol. The van der Waals surface area contributed by atoms with Crippen LogP contribution in [0.5, 0.6) is 0 Å². The van der Waals surface area contributed by atoms with E-state index >= 15 is 0 Å². The van der Waals surface area contributed by atoms with Gasteiger partial charge in [-0.25, -0.2) is 0 Å². The van der Waals surface area contributed by atoms with E-state index in [4.69, 9.17) is 0 Å². The highest BCUT2D eigenvalue weighted by atomic mass is 16.3. The molecule has 0 aromatic carbocycles. The van der Waals surface area contributed by atoms with E-state index in [1.807, 2.05) is 0 Å². The maximum atomic E-state index is 10.2. The molecule has 1 heteroatoms. The predicted octanol–water partition coefficient (Wildman–Crippen LogP) is 2.73. The van der Waals surface area contributed by atoms with Crippen molar-refractivity contribution >= 4 is 0 Å². The molecule has 11 heavy (non-hydrogen) atoms. The van der Waals surface area contributed by atoms with Gasteiger partial charge in [0.1, 0.15) is 0 Å². The van der Waals surface area contributed by atoms with Crippen LogP contribution in [-0.2, 0) is 0 Å². The Balaban J connectivity index is 2.39. The largest absolute Gasteiger partial charge is 0.390 e. The summed E-state index contributed by atoms with van der Waals surface area (Å²) in [5.41, 5.74) is -0.288. The lowest BCUT2D eigenvalue weighted by molar-refractivity contribution is -0.000620. The van der Waals surface area contributed by atoms with Gasteiger partial charge in [0, 0.05) is 0 Å². The maximum Gasteiger partial charge on any atom is 0.0675 e. The summed E-state index contributed by atoms with van der Waals surface area (Å²) in [6, 6.07) is 0. The number of aliphatic hydroxyl groups is 1. The molecule has 0 heterocycles. The summed E-state index contributed by atoms with van der Waals surface area (Å²) >= 11 is 0. The molecule has 0 unspecified atom stereocenters. The molecule has 0 bridgehead atoms. The van der Waals surface area contributed by atoms with Crippen molar-refractivity contribution < 1.29 is 5.11 Å². The number of hydrogen-bond donors (Lipinski definition) is 1. The van der Waals surface area contributed by atoms with Crippen LogP contribution in [0.4, 0.5) is 0 Å². The summed E-state index contributed by atoms with van der Waals surface area (Å²) in [5.74, 6) is 0.641. The van der Waals surface area contributed by atoms with Gasteiger partial charge in [-0.2, -0.15) is 0 Å². The third-order valence-corrected chi connectivity index (χ3v) is 2.70. The Morgan fingerprint density at radius 2 is 1.64 bits per heavy atom. The van der Waals surface area contributed by atoms with Gasteiger partial charge in [-0.15, -0.1) is 0 Å². The quantitative estimate of drug-likeness (QED) is 0.649. The SMILES string of the molecule is CCCC(O)(CCC)C1CC1. The Hall–Kier alpha value is -0.0400. The molecule has 1 N–H and O–H groups in total. The van der Waals surface area contributed by atoms with Crippen LogP contribution in [0.1, 0.15) is 52.4 Å². The molecular formula is C10H20O. The first kappa shape index (κ1) is 9.05. The summed E-state index contributed by atoms with van der Waals surface area (Å²) in [4.78, 5) is 0. The van der Waals surface area contributed by atoms with E-state index in [1.165, 1.54) is 12.8 Å². The average molecular weight is 156 g/mol. The van der Waals surface area contributed by atoms with E-state index in [2.05, 4.69) is 13.8 Å². The van der Waals surface area contributed by atoms with Crippen molar-refractivity contribution in [1.82, 2.24) is 0 Å². The monoisotopic (exact) mass is 156 g/mol. The first-order valence-corrected chi connectivity index (χ1v) is 4.95. The van der Waals surface area contributed by atoms with Crippen LogP contribution in [0.2, 0.25) is 0 Å². The van der Waals surface area contributed by atoms with Gasteiger partial charge in [-0.05, 0) is 31.6 Å². The Morgan fingerprint density at radius 1 is 1.18 bits per heavy atom. The Morgan fingerprint density at radius 3 is 1.91 bits per heavy atom. The molecular weight excluding hydrogens is 136 g/mol. The van der Waals surface area contributed by atoms with Crippen molar-refractivity contribution in [2.45, 2.75) is 58.0 Å². The lowest BCUT2D eigenvalue weighted by atomic mass is 9.88. The standard InChI is InChI=1S/C10H20O/c1-3-7-10(11,8-4-2)9-5-6-9/h9,11H,3-8H2,1-2H3. The molecule has 1 nitrogen and oxygen atoms in total. The number of rotatable bonds is 5. The molecule has 0 aromatic rings. The van der Waals surface area contributed by atoms with E-state index in [9.17, 15) is 5.11 Å². The molecule has 0 radical (unpaired) electrons. The van der Waals surface area contributed by atoms with Crippen LogP contribution in [0.15, 0.2) is 0 Å². The third kappa shape index (κ3) is 2.19. The Labute approximate surface area is 69.8 Å².